The molecule has 0 saturated carbocycles. The van der Waals surface area contributed by atoms with Crippen molar-refractivity contribution in [3.63, 3.8) is 0 Å². The highest BCUT2D eigenvalue weighted by Crippen LogP contribution is 2.29. The average molecular weight is 201 g/mol. The molecular weight excluding hydrogens is 182 g/mol. The molecule has 2 aromatic rings. The van der Waals surface area contributed by atoms with Crippen LogP contribution < -0.4 is 0 Å². The van der Waals surface area contributed by atoms with Crippen molar-refractivity contribution in [2.45, 2.75) is 33.1 Å². The van der Waals surface area contributed by atoms with Crippen LogP contribution in [0.25, 0.3) is 10.9 Å². The SMILES string of the molecule is Cc1cc2c(ccn2C)cc1C(C)(C)C. The van der Waals surface area contributed by atoms with Crippen LogP contribution in [0.2, 0.25) is 0 Å². The van der Waals surface area contributed by atoms with Gasteiger partial charge in [-0.05, 0) is 47.1 Å². The first-order valence-corrected chi connectivity index (χ1v) is 5.46. The molecule has 0 N–H and O–H groups in total. The normalized spacial score (nSPS) is 12.3. The largest absolute Gasteiger partial charge is 0.351 e. The van der Waals surface area contributed by atoms with E-state index in [1.807, 2.05) is 0 Å². The molecule has 1 aromatic heterocycles. The van der Waals surface area contributed by atoms with Crippen LogP contribution in [0.5, 0.6) is 0 Å². The molecule has 0 bridgehead atoms. The second-order valence-corrected chi connectivity index (χ2v) is 5.40. The van der Waals surface area contributed by atoms with Crippen molar-refractivity contribution in [1.29, 1.82) is 0 Å². The smallest absolute Gasteiger partial charge is 0.0480 e. The van der Waals surface area contributed by atoms with Crippen LogP contribution in [-0.4, -0.2) is 4.57 Å². The van der Waals surface area contributed by atoms with Gasteiger partial charge in [0.2, 0.25) is 0 Å². The Labute approximate surface area is 91.7 Å². The molecule has 0 unspecified atom stereocenters. The molecule has 0 fully saturated rings. The maximum atomic E-state index is 2.32. The van der Waals surface area contributed by atoms with Crippen molar-refractivity contribution in [2.24, 2.45) is 7.05 Å². The van der Waals surface area contributed by atoms with Gasteiger partial charge in [-0.3, -0.25) is 0 Å². The summed E-state index contributed by atoms with van der Waals surface area (Å²) >= 11 is 0. The van der Waals surface area contributed by atoms with E-state index >= 15 is 0 Å². The van der Waals surface area contributed by atoms with E-state index in [1.54, 1.807) is 0 Å². The van der Waals surface area contributed by atoms with Crippen LogP contribution in [0.1, 0.15) is 31.9 Å². The van der Waals surface area contributed by atoms with Gasteiger partial charge >= 0.3 is 0 Å². The summed E-state index contributed by atoms with van der Waals surface area (Å²) in [4.78, 5) is 0. The topological polar surface area (TPSA) is 4.93 Å². The van der Waals surface area contributed by atoms with Gasteiger partial charge in [-0.2, -0.15) is 0 Å². The summed E-state index contributed by atoms with van der Waals surface area (Å²) in [6.45, 7) is 9.01. The van der Waals surface area contributed by atoms with Crippen LogP contribution in [-0.2, 0) is 12.5 Å². The molecule has 0 amide bonds. The second-order valence-electron chi connectivity index (χ2n) is 5.40. The summed E-state index contributed by atoms with van der Waals surface area (Å²) in [5.74, 6) is 0. The van der Waals surface area contributed by atoms with E-state index in [1.165, 1.54) is 22.0 Å². The molecule has 1 nitrogen and oxygen atoms in total. The molecule has 15 heavy (non-hydrogen) atoms. The Bertz CT molecular complexity index is 498. The lowest BCUT2D eigenvalue weighted by atomic mass is 9.83. The first-order chi connectivity index (χ1) is 6.89. The Hall–Kier alpha value is -1.24. The monoisotopic (exact) mass is 201 g/mol. The third-order valence-electron chi connectivity index (χ3n) is 3.04. The fourth-order valence-electron chi connectivity index (χ4n) is 2.23. The van der Waals surface area contributed by atoms with Crippen LogP contribution in [0.15, 0.2) is 24.4 Å². The molecule has 1 heteroatoms. The summed E-state index contributed by atoms with van der Waals surface area (Å²) in [6.07, 6.45) is 2.12. The number of aromatic nitrogens is 1. The number of hydrogen-bond donors (Lipinski definition) is 0. The third-order valence-corrected chi connectivity index (χ3v) is 3.04. The molecule has 1 heterocycles. The van der Waals surface area contributed by atoms with E-state index in [2.05, 4.69) is 63.7 Å². The predicted molar refractivity (Wildman–Crippen MR) is 66.4 cm³/mol. The third kappa shape index (κ3) is 1.67. The van der Waals surface area contributed by atoms with Gasteiger partial charge in [-0.25, -0.2) is 0 Å². The van der Waals surface area contributed by atoms with Crippen LogP contribution in [0, 0.1) is 6.92 Å². The van der Waals surface area contributed by atoms with Crippen molar-refractivity contribution in [1.82, 2.24) is 4.57 Å². The quantitative estimate of drug-likeness (QED) is 0.611. The average Bonchev–Trinajstić information content (AvgIpc) is 2.45. The predicted octanol–water partition coefficient (Wildman–Crippen LogP) is 3.78. The number of benzene rings is 1. The van der Waals surface area contributed by atoms with Gasteiger partial charge in [0.1, 0.15) is 0 Å². The summed E-state index contributed by atoms with van der Waals surface area (Å²) in [6, 6.07) is 6.80. The molecule has 1 aromatic carbocycles. The van der Waals surface area contributed by atoms with E-state index in [0.717, 1.165) is 0 Å². The summed E-state index contributed by atoms with van der Waals surface area (Å²) in [7, 11) is 2.10. The highest BCUT2D eigenvalue weighted by molar-refractivity contribution is 5.82. The molecule has 0 aliphatic heterocycles. The zero-order valence-electron chi connectivity index (χ0n) is 10.3. The Morgan fingerprint density at radius 2 is 1.80 bits per heavy atom. The summed E-state index contributed by atoms with van der Waals surface area (Å²) in [5, 5.41) is 1.34. The molecule has 0 radical (unpaired) electrons. The first-order valence-electron chi connectivity index (χ1n) is 5.46. The molecular formula is C14H19N. The lowest BCUT2D eigenvalue weighted by Crippen LogP contribution is -2.12. The van der Waals surface area contributed by atoms with E-state index in [9.17, 15) is 0 Å². The number of nitrogens with zero attached hydrogens (tertiary/aromatic N) is 1. The van der Waals surface area contributed by atoms with Gasteiger partial charge in [0.25, 0.3) is 0 Å². The molecule has 0 saturated heterocycles. The minimum Gasteiger partial charge on any atom is -0.351 e. The molecule has 0 atom stereocenters. The van der Waals surface area contributed by atoms with Gasteiger partial charge in [0, 0.05) is 18.8 Å². The van der Waals surface area contributed by atoms with Gasteiger partial charge in [0.05, 0.1) is 0 Å². The van der Waals surface area contributed by atoms with Gasteiger partial charge in [-0.15, -0.1) is 0 Å². The Kier molecular flexibility index (Phi) is 2.14. The summed E-state index contributed by atoms with van der Waals surface area (Å²) < 4.78 is 2.18. The molecule has 80 valence electrons. The second kappa shape index (κ2) is 3.13. The van der Waals surface area contributed by atoms with Gasteiger partial charge in [0.15, 0.2) is 0 Å². The molecule has 0 aliphatic carbocycles. The number of aryl methyl sites for hydroxylation is 2. The highest BCUT2D eigenvalue weighted by Gasteiger charge is 2.17. The number of hydrogen-bond acceptors (Lipinski definition) is 0. The zero-order chi connectivity index (χ0) is 11.2. The van der Waals surface area contributed by atoms with Crippen molar-refractivity contribution in [3.05, 3.63) is 35.5 Å². The molecule has 2 rings (SSSR count). The number of rotatable bonds is 0. The van der Waals surface area contributed by atoms with Gasteiger partial charge < -0.3 is 4.57 Å². The van der Waals surface area contributed by atoms with E-state index in [0.29, 0.717) is 0 Å². The lowest BCUT2D eigenvalue weighted by molar-refractivity contribution is 0.587. The van der Waals surface area contributed by atoms with E-state index in [-0.39, 0.29) is 5.41 Å². The molecule has 0 spiro atoms. The zero-order valence-corrected chi connectivity index (χ0v) is 10.3. The minimum atomic E-state index is 0.230. The number of fused-ring (bicyclic) bond motifs is 1. The van der Waals surface area contributed by atoms with Crippen molar-refractivity contribution in [2.75, 3.05) is 0 Å². The Morgan fingerprint density at radius 1 is 1.13 bits per heavy atom. The summed E-state index contributed by atoms with van der Waals surface area (Å²) in [5.41, 5.74) is 4.38. The van der Waals surface area contributed by atoms with Crippen LogP contribution in [0.3, 0.4) is 0 Å². The first kappa shape index (κ1) is 10.3. The fourth-order valence-corrected chi connectivity index (χ4v) is 2.23. The van der Waals surface area contributed by atoms with Gasteiger partial charge in [-0.1, -0.05) is 20.8 Å². The van der Waals surface area contributed by atoms with Crippen molar-refractivity contribution < 1.29 is 0 Å². The van der Waals surface area contributed by atoms with Crippen molar-refractivity contribution in [3.8, 4) is 0 Å². The highest BCUT2D eigenvalue weighted by atomic mass is 14.9. The Morgan fingerprint density at radius 3 is 2.40 bits per heavy atom. The maximum Gasteiger partial charge on any atom is 0.0480 e. The maximum absolute atomic E-state index is 2.32. The van der Waals surface area contributed by atoms with Crippen LogP contribution in [0.4, 0.5) is 0 Å². The lowest BCUT2D eigenvalue weighted by Gasteiger charge is -2.22. The Balaban J connectivity index is 2.74. The van der Waals surface area contributed by atoms with E-state index < -0.39 is 0 Å². The van der Waals surface area contributed by atoms with Crippen LogP contribution >= 0.6 is 0 Å². The standard InChI is InChI=1S/C14H19N/c1-10-8-13-11(6-7-15(13)5)9-12(10)14(2,3)4/h6-9H,1-5H3. The minimum absolute atomic E-state index is 0.230. The molecule has 0 aliphatic rings. The van der Waals surface area contributed by atoms with Crippen molar-refractivity contribution >= 4 is 10.9 Å². The fraction of sp³-hybridized carbons (Fsp3) is 0.429. The van der Waals surface area contributed by atoms with E-state index in [4.69, 9.17) is 0 Å².